The molecule has 0 radical (unpaired) electrons. The van der Waals surface area contributed by atoms with Crippen molar-refractivity contribution in [2.45, 2.75) is 6.92 Å². The molecule has 94 valence electrons. The summed E-state index contributed by atoms with van der Waals surface area (Å²) in [5.74, 6) is 0.333. The molecule has 0 saturated heterocycles. The highest BCUT2D eigenvalue weighted by atomic mass is 16.5. The summed E-state index contributed by atoms with van der Waals surface area (Å²) in [4.78, 5) is 11.3. The summed E-state index contributed by atoms with van der Waals surface area (Å²) in [6.07, 6.45) is 0. The van der Waals surface area contributed by atoms with Gasteiger partial charge in [-0.1, -0.05) is 48.5 Å². The first-order valence-corrected chi connectivity index (χ1v) is 5.99. The Kier molecular flexibility index (Phi) is 2.60. The van der Waals surface area contributed by atoms with Gasteiger partial charge in [0, 0.05) is 28.5 Å². The van der Waals surface area contributed by atoms with Gasteiger partial charge in [-0.2, -0.15) is 0 Å². The summed E-state index contributed by atoms with van der Waals surface area (Å²) in [6.45, 7) is 1.37. The van der Waals surface area contributed by atoms with Crippen LogP contribution in [0.3, 0.4) is 0 Å². The molecule has 0 fully saturated rings. The Morgan fingerprint density at radius 3 is 1.74 bits per heavy atom. The van der Waals surface area contributed by atoms with Gasteiger partial charge in [-0.25, -0.2) is 0 Å². The van der Waals surface area contributed by atoms with E-state index in [9.17, 15) is 9.90 Å². The number of phenolic OH excluding ortho intramolecular Hbond substituents is 1. The summed E-state index contributed by atoms with van der Waals surface area (Å²) < 4.78 is 5.35. The second-order valence-electron chi connectivity index (χ2n) is 4.36. The molecule has 3 heteroatoms. The molecule has 0 unspecified atom stereocenters. The van der Waals surface area contributed by atoms with Crippen molar-refractivity contribution in [2.24, 2.45) is 0 Å². The van der Waals surface area contributed by atoms with Crippen molar-refractivity contribution in [3.63, 3.8) is 0 Å². The summed E-state index contributed by atoms with van der Waals surface area (Å²) >= 11 is 0. The van der Waals surface area contributed by atoms with E-state index in [1.807, 2.05) is 48.5 Å². The van der Waals surface area contributed by atoms with Crippen molar-refractivity contribution in [3.05, 3.63) is 48.5 Å². The number of hydrogen-bond donors (Lipinski definition) is 1. The monoisotopic (exact) mass is 252 g/mol. The van der Waals surface area contributed by atoms with Gasteiger partial charge in [0.2, 0.25) is 0 Å². The molecule has 0 aromatic heterocycles. The Morgan fingerprint density at radius 1 is 0.895 bits per heavy atom. The van der Waals surface area contributed by atoms with Crippen molar-refractivity contribution in [3.8, 4) is 11.5 Å². The van der Waals surface area contributed by atoms with Crippen LogP contribution in [-0.4, -0.2) is 11.1 Å². The van der Waals surface area contributed by atoms with Crippen molar-refractivity contribution < 1.29 is 14.6 Å². The van der Waals surface area contributed by atoms with Crippen LogP contribution in [0.5, 0.6) is 11.5 Å². The summed E-state index contributed by atoms with van der Waals surface area (Å²) in [6, 6.07) is 14.7. The first-order chi connectivity index (χ1) is 9.18. The van der Waals surface area contributed by atoms with E-state index in [0.717, 1.165) is 10.8 Å². The van der Waals surface area contributed by atoms with Gasteiger partial charge in [-0.05, 0) is 0 Å². The summed E-state index contributed by atoms with van der Waals surface area (Å²) in [7, 11) is 0. The standard InChI is InChI=1S/C16H12O3/c1-10(17)19-16-13-8-4-2-6-11(13)15(18)12-7-3-5-9-14(12)16/h2-9,18H,1H3. The summed E-state index contributed by atoms with van der Waals surface area (Å²) in [5.41, 5.74) is 0. The number of carbonyl (C=O) groups excluding carboxylic acids is 1. The van der Waals surface area contributed by atoms with Crippen molar-refractivity contribution in [1.82, 2.24) is 0 Å². The van der Waals surface area contributed by atoms with Crippen LogP contribution in [0, 0.1) is 0 Å². The molecule has 0 heterocycles. The minimum Gasteiger partial charge on any atom is -0.507 e. The number of hydrogen-bond acceptors (Lipinski definition) is 3. The van der Waals surface area contributed by atoms with Gasteiger partial charge in [-0.15, -0.1) is 0 Å². The number of aromatic hydroxyl groups is 1. The fourth-order valence-corrected chi connectivity index (χ4v) is 2.32. The smallest absolute Gasteiger partial charge is 0.308 e. The molecule has 1 N–H and O–H groups in total. The number of benzene rings is 3. The highest BCUT2D eigenvalue weighted by Gasteiger charge is 2.14. The van der Waals surface area contributed by atoms with Crippen LogP contribution in [0.4, 0.5) is 0 Å². The Hall–Kier alpha value is -2.55. The molecule has 0 saturated carbocycles. The first-order valence-electron chi connectivity index (χ1n) is 5.99. The van der Waals surface area contributed by atoms with Crippen molar-refractivity contribution in [1.29, 1.82) is 0 Å². The third kappa shape index (κ3) is 1.80. The number of fused-ring (bicyclic) bond motifs is 2. The lowest BCUT2D eigenvalue weighted by Gasteiger charge is -2.12. The number of esters is 1. The zero-order chi connectivity index (χ0) is 13.4. The largest absolute Gasteiger partial charge is 0.507 e. The average Bonchev–Trinajstić information content (AvgIpc) is 2.43. The molecule has 0 atom stereocenters. The summed E-state index contributed by atoms with van der Waals surface area (Å²) in [5, 5.41) is 13.1. The van der Waals surface area contributed by atoms with Gasteiger partial charge in [0.25, 0.3) is 0 Å². The van der Waals surface area contributed by atoms with E-state index in [2.05, 4.69) is 0 Å². The molecule has 3 aromatic rings. The second-order valence-corrected chi connectivity index (χ2v) is 4.36. The molecule has 3 nitrogen and oxygen atoms in total. The molecular weight excluding hydrogens is 240 g/mol. The van der Waals surface area contributed by atoms with Gasteiger partial charge in [0.1, 0.15) is 11.5 Å². The maximum atomic E-state index is 11.3. The first kappa shape index (κ1) is 11.5. The molecule has 0 amide bonds. The molecule has 19 heavy (non-hydrogen) atoms. The molecule has 0 aliphatic heterocycles. The zero-order valence-corrected chi connectivity index (χ0v) is 10.4. The predicted octanol–water partition coefficient (Wildman–Crippen LogP) is 3.62. The maximum absolute atomic E-state index is 11.3. The van der Waals surface area contributed by atoms with Gasteiger partial charge in [-0.3, -0.25) is 4.79 Å². The van der Waals surface area contributed by atoms with Crippen molar-refractivity contribution in [2.75, 3.05) is 0 Å². The zero-order valence-electron chi connectivity index (χ0n) is 10.4. The minimum atomic E-state index is -0.374. The number of ether oxygens (including phenoxy) is 1. The molecule has 0 spiro atoms. The lowest BCUT2D eigenvalue weighted by molar-refractivity contribution is -0.131. The lowest BCUT2D eigenvalue weighted by atomic mass is 10.0. The Labute approximate surface area is 110 Å². The highest BCUT2D eigenvalue weighted by Crippen LogP contribution is 2.41. The van der Waals surface area contributed by atoms with Crippen molar-refractivity contribution >= 4 is 27.5 Å². The molecule has 3 aromatic carbocycles. The van der Waals surface area contributed by atoms with Crippen LogP contribution in [-0.2, 0) is 4.79 Å². The van der Waals surface area contributed by atoms with E-state index >= 15 is 0 Å². The quantitative estimate of drug-likeness (QED) is 0.408. The van der Waals surface area contributed by atoms with Crippen LogP contribution in [0.1, 0.15) is 6.92 Å². The fraction of sp³-hybridized carbons (Fsp3) is 0.0625. The second kappa shape index (κ2) is 4.28. The number of phenols is 1. The molecule has 0 bridgehead atoms. The van der Waals surface area contributed by atoms with E-state index in [1.54, 1.807) is 0 Å². The topological polar surface area (TPSA) is 46.5 Å². The van der Waals surface area contributed by atoms with Gasteiger partial charge < -0.3 is 9.84 Å². The van der Waals surface area contributed by atoms with E-state index < -0.39 is 0 Å². The molecule has 3 rings (SSSR count). The maximum Gasteiger partial charge on any atom is 0.308 e. The van der Waals surface area contributed by atoms with Gasteiger partial charge in [0.15, 0.2) is 0 Å². The minimum absolute atomic E-state index is 0.210. The SMILES string of the molecule is CC(=O)Oc1c2ccccc2c(O)c2ccccc12. The fourth-order valence-electron chi connectivity index (χ4n) is 2.32. The number of rotatable bonds is 1. The van der Waals surface area contributed by atoms with Crippen LogP contribution >= 0.6 is 0 Å². The van der Waals surface area contributed by atoms with Crippen LogP contribution in [0.25, 0.3) is 21.5 Å². The number of carbonyl (C=O) groups is 1. The van der Waals surface area contributed by atoms with E-state index in [4.69, 9.17) is 4.74 Å². The Bertz CT molecular complexity index is 733. The van der Waals surface area contributed by atoms with Crippen LogP contribution in [0.15, 0.2) is 48.5 Å². The van der Waals surface area contributed by atoms with Crippen LogP contribution in [0.2, 0.25) is 0 Å². The average molecular weight is 252 g/mol. The lowest BCUT2D eigenvalue weighted by Crippen LogP contribution is -2.02. The van der Waals surface area contributed by atoms with Gasteiger partial charge in [0.05, 0.1) is 0 Å². The Morgan fingerprint density at radius 2 is 1.32 bits per heavy atom. The molecule has 0 aliphatic rings. The van der Waals surface area contributed by atoms with Crippen LogP contribution < -0.4 is 4.74 Å². The van der Waals surface area contributed by atoms with Gasteiger partial charge >= 0.3 is 5.97 Å². The van der Waals surface area contributed by atoms with E-state index in [0.29, 0.717) is 16.5 Å². The third-order valence-electron chi connectivity index (χ3n) is 3.10. The van der Waals surface area contributed by atoms with E-state index in [1.165, 1.54) is 6.92 Å². The normalized spacial score (nSPS) is 10.8. The highest BCUT2D eigenvalue weighted by molar-refractivity contribution is 6.11. The Balaban J connectivity index is 2.52. The third-order valence-corrected chi connectivity index (χ3v) is 3.10. The molecule has 0 aliphatic carbocycles. The molecular formula is C16H12O3. The van der Waals surface area contributed by atoms with E-state index in [-0.39, 0.29) is 11.7 Å². The predicted molar refractivity (Wildman–Crippen MR) is 74.4 cm³/mol.